The second-order valence-corrected chi connectivity index (χ2v) is 5.15. The molecule has 0 unspecified atom stereocenters. The molecule has 0 saturated carbocycles. The topological polar surface area (TPSA) is 62.0 Å². The smallest absolute Gasteiger partial charge is 0.261 e. The zero-order valence-electron chi connectivity index (χ0n) is 12.3. The summed E-state index contributed by atoms with van der Waals surface area (Å²) in [4.78, 5) is 26.7. The van der Waals surface area contributed by atoms with E-state index in [0.29, 0.717) is 12.5 Å². The fourth-order valence-corrected chi connectivity index (χ4v) is 1.86. The van der Waals surface area contributed by atoms with E-state index in [0.717, 1.165) is 30.5 Å². The molecule has 19 heavy (non-hydrogen) atoms. The van der Waals surface area contributed by atoms with Crippen LogP contribution in [0, 0.1) is 12.8 Å². The first kappa shape index (κ1) is 15.5. The average molecular weight is 264 g/mol. The van der Waals surface area contributed by atoms with Crippen molar-refractivity contribution >= 4 is 5.91 Å². The molecule has 0 fully saturated rings. The number of pyridine rings is 1. The largest absolute Gasteiger partial charge is 0.352 e. The molecule has 1 atom stereocenters. The van der Waals surface area contributed by atoms with Crippen LogP contribution in [0.1, 0.15) is 55.2 Å². The molecule has 1 rings (SSSR count). The van der Waals surface area contributed by atoms with Gasteiger partial charge in [0.05, 0.1) is 0 Å². The van der Waals surface area contributed by atoms with Gasteiger partial charge in [0.15, 0.2) is 0 Å². The summed E-state index contributed by atoms with van der Waals surface area (Å²) in [6.07, 6.45) is 2.80. The predicted molar refractivity (Wildman–Crippen MR) is 77.6 cm³/mol. The zero-order chi connectivity index (χ0) is 14.4. The minimum Gasteiger partial charge on any atom is -0.352 e. The second kappa shape index (κ2) is 7.12. The number of H-pyrrole nitrogens is 1. The monoisotopic (exact) mass is 264 g/mol. The number of hydrogen-bond acceptors (Lipinski definition) is 2. The van der Waals surface area contributed by atoms with E-state index in [1.807, 2.05) is 6.92 Å². The Morgan fingerprint density at radius 2 is 2.11 bits per heavy atom. The molecule has 0 spiro atoms. The van der Waals surface area contributed by atoms with Crippen LogP contribution < -0.4 is 10.9 Å². The summed E-state index contributed by atoms with van der Waals surface area (Å²) in [6.45, 7) is 8.73. The Balaban J connectivity index is 2.86. The van der Waals surface area contributed by atoms with Gasteiger partial charge in [-0.1, -0.05) is 33.6 Å². The van der Waals surface area contributed by atoms with Crippen LogP contribution in [0.2, 0.25) is 0 Å². The quantitative estimate of drug-likeness (QED) is 0.829. The lowest BCUT2D eigenvalue weighted by atomic mass is 10.1. The van der Waals surface area contributed by atoms with Crippen LogP contribution >= 0.6 is 0 Å². The van der Waals surface area contributed by atoms with E-state index in [4.69, 9.17) is 0 Å². The van der Waals surface area contributed by atoms with Crippen LogP contribution in [0.5, 0.6) is 0 Å². The lowest BCUT2D eigenvalue weighted by Gasteiger charge is -2.11. The van der Waals surface area contributed by atoms with Crippen molar-refractivity contribution in [2.45, 2.75) is 47.0 Å². The van der Waals surface area contributed by atoms with E-state index >= 15 is 0 Å². The predicted octanol–water partition coefficient (Wildman–Crippen LogP) is 2.41. The molecular formula is C15H24N2O2. The van der Waals surface area contributed by atoms with E-state index in [1.165, 1.54) is 0 Å². The van der Waals surface area contributed by atoms with Gasteiger partial charge in [-0.15, -0.1) is 0 Å². The minimum atomic E-state index is -0.296. The fourth-order valence-electron chi connectivity index (χ4n) is 1.86. The second-order valence-electron chi connectivity index (χ2n) is 5.15. The van der Waals surface area contributed by atoms with Crippen molar-refractivity contribution in [3.63, 3.8) is 0 Å². The normalized spacial score (nSPS) is 12.2. The number of carbonyl (C=O) groups excluding carboxylic acids is 1. The molecule has 0 aliphatic carbocycles. The van der Waals surface area contributed by atoms with E-state index < -0.39 is 0 Å². The van der Waals surface area contributed by atoms with Crippen molar-refractivity contribution in [2.24, 2.45) is 5.92 Å². The third kappa shape index (κ3) is 4.23. The standard InChI is InChI=1S/C15H24N2O2/c1-5-7-13-11(4)8-12(15(19)17-13)14(18)16-9-10(3)6-2/h8,10H,5-7,9H2,1-4H3,(H,16,18)(H,17,19)/t10-/m0/s1. The van der Waals surface area contributed by atoms with Gasteiger partial charge in [0.1, 0.15) is 5.56 Å². The molecule has 0 aliphatic rings. The SMILES string of the molecule is CCCc1[nH]c(=O)c(C(=O)NC[C@@H](C)CC)cc1C. The van der Waals surface area contributed by atoms with Crippen LogP contribution in [0.3, 0.4) is 0 Å². The Labute approximate surface area is 114 Å². The summed E-state index contributed by atoms with van der Waals surface area (Å²) >= 11 is 0. The molecular weight excluding hydrogens is 240 g/mol. The van der Waals surface area contributed by atoms with Crippen LogP contribution in [0.25, 0.3) is 0 Å². The molecule has 4 heteroatoms. The Hall–Kier alpha value is -1.58. The lowest BCUT2D eigenvalue weighted by molar-refractivity contribution is 0.0946. The summed E-state index contributed by atoms with van der Waals surface area (Å²) in [5.74, 6) is 0.135. The molecule has 0 aliphatic heterocycles. The Morgan fingerprint density at radius 1 is 1.42 bits per heavy atom. The van der Waals surface area contributed by atoms with Gasteiger partial charge in [-0.25, -0.2) is 0 Å². The van der Waals surface area contributed by atoms with Crippen LogP contribution in [-0.4, -0.2) is 17.4 Å². The highest BCUT2D eigenvalue weighted by Crippen LogP contribution is 2.07. The number of rotatable bonds is 6. The van der Waals surface area contributed by atoms with E-state index in [1.54, 1.807) is 6.07 Å². The lowest BCUT2D eigenvalue weighted by Crippen LogP contribution is -2.33. The maximum Gasteiger partial charge on any atom is 0.261 e. The van der Waals surface area contributed by atoms with Crippen molar-refractivity contribution in [3.8, 4) is 0 Å². The summed E-state index contributed by atoms with van der Waals surface area (Å²) in [5.41, 5.74) is 1.80. The Kier molecular flexibility index (Phi) is 5.80. The van der Waals surface area contributed by atoms with Crippen LogP contribution in [0.4, 0.5) is 0 Å². The number of carbonyl (C=O) groups is 1. The van der Waals surface area contributed by atoms with Crippen molar-refractivity contribution < 1.29 is 4.79 Å². The summed E-state index contributed by atoms with van der Waals surface area (Å²) in [7, 11) is 0. The van der Waals surface area contributed by atoms with Crippen molar-refractivity contribution in [2.75, 3.05) is 6.54 Å². The highest BCUT2D eigenvalue weighted by molar-refractivity contribution is 5.94. The maximum absolute atomic E-state index is 12.0. The van der Waals surface area contributed by atoms with Gasteiger partial charge < -0.3 is 10.3 Å². The molecule has 1 aromatic rings. The van der Waals surface area contributed by atoms with Gasteiger partial charge in [-0.3, -0.25) is 9.59 Å². The summed E-state index contributed by atoms with van der Waals surface area (Å²) in [6, 6.07) is 1.69. The summed E-state index contributed by atoms with van der Waals surface area (Å²) < 4.78 is 0. The average Bonchev–Trinajstić information content (AvgIpc) is 2.39. The molecule has 2 N–H and O–H groups in total. The molecule has 1 heterocycles. The van der Waals surface area contributed by atoms with Crippen molar-refractivity contribution in [3.05, 3.63) is 33.2 Å². The molecule has 106 valence electrons. The number of hydrogen-bond donors (Lipinski definition) is 2. The van der Waals surface area contributed by atoms with Gasteiger partial charge >= 0.3 is 0 Å². The highest BCUT2D eigenvalue weighted by atomic mass is 16.2. The van der Waals surface area contributed by atoms with Crippen LogP contribution in [0.15, 0.2) is 10.9 Å². The van der Waals surface area contributed by atoms with Gasteiger partial charge in [0, 0.05) is 12.2 Å². The molecule has 0 radical (unpaired) electrons. The number of aromatic nitrogens is 1. The van der Waals surface area contributed by atoms with Crippen LogP contribution in [-0.2, 0) is 6.42 Å². The number of amides is 1. The minimum absolute atomic E-state index is 0.209. The fraction of sp³-hybridized carbons (Fsp3) is 0.600. The van der Waals surface area contributed by atoms with Crippen molar-refractivity contribution in [1.82, 2.24) is 10.3 Å². The van der Waals surface area contributed by atoms with Crippen molar-refractivity contribution in [1.29, 1.82) is 0 Å². The number of nitrogens with one attached hydrogen (secondary N) is 2. The molecule has 0 aromatic carbocycles. The molecule has 1 aromatic heterocycles. The van der Waals surface area contributed by atoms with Gasteiger partial charge in [0.2, 0.25) is 0 Å². The highest BCUT2D eigenvalue weighted by Gasteiger charge is 2.13. The number of aromatic amines is 1. The first-order valence-corrected chi connectivity index (χ1v) is 7.00. The summed E-state index contributed by atoms with van der Waals surface area (Å²) in [5, 5.41) is 2.81. The van der Waals surface area contributed by atoms with E-state index in [-0.39, 0.29) is 17.0 Å². The first-order valence-electron chi connectivity index (χ1n) is 7.00. The molecule has 1 amide bonds. The van der Waals surface area contributed by atoms with Gasteiger partial charge in [-0.05, 0) is 30.9 Å². The molecule has 0 saturated heterocycles. The van der Waals surface area contributed by atoms with Gasteiger partial charge in [0.25, 0.3) is 11.5 Å². The molecule has 4 nitrogen and oxygen atoms in total. The van der Waals surface area contributed by atoms with E-state index in [2.05, 4.69) is 31.1 Å². The first-order chi connectivity index (χ1) is 8.99. The maximum atomic E-state index is 12.0. The van der Waals surface area contributed by atoms with Gasteiger partial charge in [-0.2, -0.15) is 0 Å². The Bertz CT molecular complexity index is 491. The third-order valence-corrected chi connectivity index (χ3v) is 3.40. The zero-order valence-corrected chi connectivity index (χ0v) is 12.3. The van der Waals surface area contributed by atoms with E-state index in [9.17, 15) is 9.59 Å². The Morgan fingerprint density at radius 3 is 2.68 bits per heavy atom. The molecule has 0 bridgehead atoms. The third-order valence-electron chi connectivity index (χ3n) is 3.40. The number of aryl methyl sites for hydroxylation is 2.